The molecule has 0 saturated carbocycles. The van der Waals surface area contributed by atoms with Gasteiger partial charge in [-0.15, -0.1) is 0 Å². The number of anilines is 1. The number of benzene rings is 2. The normalized spacial score (nSPS) is 17.1. The van der Waals surface area contributed by atoms with Crippen LogP contribution in [0.3, 0.4) is 0 Å². The number of aryl methyl sites for hydroxylation is 1. The number of aromatic nitrogens is 1. The Kier molecular flexibility index (Phi) is 5.38. The van der Waals surface area contributed by atoms with Gasteiger partial charge in [0.1, 0.15) is 5.69 Å². The van der Waals surface area contributed by atoms with Crippen molar-refractivity contribution in [2.75, 3.05) is 31.1 Å². The number of hydrogen-bond acceptors (Lipinski definition) is 2. The van der Waals surface area contributed by atoms with E-state index in [1.165, 1.54) is 24.1 Å². The van der Waals surface area contributed by atoms with E-state index in [1.807, 2.05) is 35.2 Å². The molecule has 4 nitrogen and oxygen atoms in total. The molecule has 1 aliphatic heterocycles. The lowest BCUT2D eigenvalue weighted by atomic mass is 9.96. The van der Waals surface area contributed by atoms with Crippen LogP contribution in [-0.4, -0.2) is 42.0 Å². The number of piperidine rings is 1. The summed E-state index contributed by atoms with van der Waals surface area (Å²) in [6.07, 6.45) is 2.36. The quantitative estimate of drug-likeness (QED) is 0.692. The van der Waals surface area contributed by atoms with Crippen LogP contribution in [0.5, 0.6) is 0 Å². The molecule has 2 aromatic carbocycles. The van der Waals surface area contributed by atoms with Gasteiger partial charge >= 0.3 is 0 Å². The Morgan fingerprint density at radius 1 is 1.18 bits per heavy atom. The first kappa shape index (κ1) is 18.6. The molecule has 3 aromatic rings. The summed E-state index contributed by atoms with van der Waals surface area (Å²) in [5.41, 5.74) is 4.29. The summed E-state index contributed by atoms with van der Waals surface area (Å²) in [5, 5.41) is 1.09. The van der Waals surface area contributed by atoms with Gasteiger partial charge in [-0.05, 0) is 56.9 Å². The maximum atomic E-state index is 13.1. The van der Waals surface area contributed by atoms with Gasteiger partial charge in [0.25, 0.3) is 5.91 Å². The first-order chi connectivity index (χ1) is 13.6. The van der Waals surface area contributed by atoms with E-state index in [-0.39, 0.29) is 5.91 Å². The zero-order valence-electron chi connectivity index (χ0n) is 16.8. The molecule has 1 N–H and O–H groups in total. The molecule has 146 valence electrons. The number of amides is 1. The lowest BCUT2D eigenvalue weighted by Gasteiger charge is -2.36. The van der Waals surface area contributed by atoms with Crippen molar-refractivity contribution < 1.29 is 4.79 Å². The average molecular weight is 376 g/mol. The highest BCUT2D eigenvalue weighted by atomic mass is 16.2. The fraction of sp³-hybridized carbons (Fsp3) is 0.375. The predicted octanol–water partition coefficient (Wildman–Crippen LogP) is 4.86. The van der Waals surface area contributed by atoms with Crippen molar-refractivity contribution in [2.45, 2.75) is 26.7 Å². The van der Waals surface area contributed by atoms with Crippen LogP contribution in [0, 0.1) is 12.8 Å². The topological polar surface area (TPSA) is 39.3 Å². The number of rotatable bonds is 5. The molecule has 0 radical (unpaired) electrons. The maximum absolute atomic E-state index is 13.1. The molecule has 1 aliphatic rings. The summed E-state index contributed by atoms with van der Waals surface area (Å²) in [6, 6.07) is 18.8. The van der Waals surface area contributed by atoms with Gasteiger partial charge in [0.15, 0.2) is 0 Å². The van der Waals surface area contributed by atoms with Gasteiger partial charge in [-0.2, -0.15) is 0 Å². The number of H-pyrrole nitrogens is 1. The van der Waals surface area contributed by atoms with E-state index in [0.29, 0.717) is 11.6 Å². The molecule has 2 heterocycles. The van der Waals surface area contributed by atoms with E-state index >= 15 is 0 Å². The summed E-state index contributed by atoms with van der Waals surface area (Å²) < 4.78 is 0. The van der Waals surface area contributed by atoms with Crippen LogP contribution in [0.2, 0.25) is 0 Å². The number of para-hydroxylation sites is 1. The Morgan fingerprint density at radius 2 is 1.96 bits per heavy atom. The maximum Gasteiger partial charge on any atom is 0.270 e. The molecule has 1 fully saturated rings. The van der Waals surface area contributed by atoms with Crippen molar-refractivity contribution in [3.05, 3.63) is 65.9 Å². The lowest BCUT2D eigenvalue weighted by molar-refractivity contribution is 0.0727. The first-order valence-electron chi connectivity index (χ1n) is 10.3. The van der Waals surface area contributed by atoms with E-state index in [4.69, 9.17) is 0 Å². The fourth-order valence-electron chi connectivity index (χ4n) is 4.23. The molecule has 4 heteroatoms. The van der Waals surface area contributed by atoms with Crippen molar-refractivity contribution in [3.63, 3.8) is 0 Å². The molecule has 0 spiro atoms. The van der Waals surface area contributed by atoms with E-state index in [2.05, 4.69) is 48.0 Å². The number of hydrogen-bond donors (Lipinski definition) is 1. The standard InChI is InChI=1S/C24H29N3O/c1-3-26(24(28)23-15-20-8-4-5-9-22(20)25-23)16-19-7-6-14-27(17-19)21-12-10-18(2)11-13-21/h4-5,8-13,15,19,25H,3,6-7,14,16-17H2,1-2H3. The zero-order chi connectivity index (χ0) is 19.5. The minimum absolute atomic E-state index is 0.103. The highest BCUT2D eigenvalue weighted by Gasteiger charge is 2.25. The summed E-state index contributed by atoms with van der Waals surface area (Å²) in [5.74, 6) is 0.606. The van der Waals surface area contributed by atoms with Crippen molar-refractivity contribution in [1.29, 1.82) is 0 Å². The Balaban J connectivity index is 1.45. The Labute approximate surface area is 167 Å². The van der Waals surface area contributed by atoms with Gasteiger partial charge in [0.2, 0.25) is 0 Å². The average Bonchev–Trinajstić information content (AvgIpc) is 3.16. The number of carbonyl (C=O) groups is 1. The van der Waals surface area contributed by atoms with Crippen molar-refractivity contribution in [2.24, 2.45) is 5.92 Å². The minimum atomic E-state index is 0.103. The highest BCUT2D eigenvalue weighted by Crippen LogP contribution is 2.25. The molecule has 4 rings (SSSR count). The third-order valence-corrected chi connectivity index (χ3v) is 5.83. The highest BCUT2D eigenvalue weighted by molar-refractivity contribution is 5.98. The molecular formula is C24H29N3O. The van der Waals surface area contributed by atoms with Crippen LogP contribution >= 0.6 is 0 Å². The number of carbonyl (C=O) groups excluding carboxylic acids is 1. The van der Waals surface area contributed by atoms with E-state index in [0.717, 1.165) is 37.1 Å². The molecule has 1 aromatic heterocycles. The number of nitrogens with zero attached hydrogens (tertiary/aromatic N) is 2. The molecular weight excluding hydrogens is 346 g/mol. The second kappa shape index (κ2) is 8.09. The molecule has 0 bridgehead atoms. The Morgan fingerprint density at radius 3 is 2.71 bits per heavy atom. The zero-order valence-corrected chi connectivity index (χ0v) is 16.8. The first-order valence-corrected chi connectivity index (χ1v) is 10.3. The fourth-order valence-corrected chi connectivity index (χ4v) is 4.23. The van der Waals surface area contributed by atoms with Crippen molar-refractivity contribution >= 4 is 22.5 Å². The molecule has 1 amide bonds. The third-order valence-electron chi connectivity index (χ3n) is 5.83. The van der Waals surface area contributed by atoms with Crippen LogP contribution in [0.15, 0.2) is 54.6 Å². The number of nitrogens with one attached hydrogen (secondary N) is 1. The molecule has 1 saturated heterocycles. The Bertz CT molecular complexity index is 911. The summed E-state index contributed by atoms with van der Waals surface area (Å²) >= 11 is 0. The third kappa shape index (κ3) is 3.91. The molecule has 1 unspecified atom stereocenters. The van der Waals surface area contributed by atoms with E-state index in [9.17, 15) is 4.79 Å². The predicted molar refractivity (Wildman–Crippen MR) is 116 cm³/mol. The van der Waals surface area contributed by atoms with Crippen LogP contribution in [-0.2, 0) is 0 Å². The van der Waals surface area contributed by atoms with Crippen LogP contribution < -0.4 is 4.90 Å². The number of fused-ring (bicyclic) bond motifs is 1. The van der Waals surface area contributed by atoms with Gasteiger partial charge in [-0.1, -0.05) is 35.9 Å². The Hall–Kier alpha value is -2.75. The summed E-state index contributed by atoms with van der Waals surface area (Å²) in [6.45, 7) is 7.85. The van der Waals surface area contributed by atoms with Gasteiger partial charge in [0.05, 0.1) is 0 Å². The van der Waals surface area contributed by atoms with Crippen LogP contribution in [0.25, 0.3) is 10.9 Å². The lowest BCUT2D eigenvalue weighted by Crippen LogP contribution is -2.43. The van der Waals surface area contributed by atoms with Crippen LogP contribution in [0.1, 0.15) is 35.8 Å². The summed E-state index contributed by atoms with van der Waals surface area (Å²) in [7, 11) is 0. The largest absolute Gasteiger partial charge is 0.371 e. The number of aromatic amines is 1. The van der Waals surface area contributed by atoms with E-state index < -0.39 is 0 Å². The van der Waals surface area contributed by atoms with Gasteiger partial charge in [-0.3, -0.25) is 4.79 Å². The van der Waals surface area contributed by atoms with Crippen molar-refractivity contribution in [3.8, 4) is 0 Å². The van der Waals surface area contributed by atoms with Crippen LogP contribution in [0.4, 0.5) is 5.69 Å². The van der Waals surface area contributed by atoms with Gasteiger partial charge < -0.3 is 14.8 Å². The monoisotopic (exact) mass is 375 g/mol. The molecule has 0 aliphatic carbocycles. The minimum Gasteiger partial charge on any atom is -0.371 e. The molecule has 28 heavy (non-hydrogen) atoms. The molecule has 1 atom stereocenters. The smallest absolute Gasteiger partial charge is 0.270 e. The summed E-state index contributed by atoms with van der Waals surface area (Å²) in [4.78, 5) is 20.8. The SMILES string of the molecule is CCN(CC1CCCN(c2ccc(C)cc2)C1)C(=O)c1cc2ccccc2[nH]1. The second-order valence-electron chi connectivity index (χ2n) is 7.90. The van der Waals surface area contributed by atoms with E-state index in [1.54, 1.807) is 0 Å². The van der Waals surface area contributed by atoms with Gasteiger partial charge in [-0.25, -0.2) is 0 Å². The second-order valence-corrected chi connectivity index (χ2v) is 7.90. The van der Waals surface area contributed by atoms with Crippen molar-refractivity contribution in [1.82, 2.24) is 9.88 Å². The van der Waals surface area contributed by atoms with Gasteiger partial charge in [0, 0.05) is 42.8 Å².